The van der Waals surface area contributed by atoms with Gasteiger partial charge in [-0.3, -0.25) is 0 Å². The molecule has 4 nitrogen and oxygen atoms in total. The first-order valence-electron chi connectivity index (χ1n) is 7.88. The summed E-state index contributed by atoms with van der Waals surface area (Å²) in [4.78, 5) is 12.4. The van der Waals surface area contributed by atoms with Gasteiger partial charge < -0.3 is 10.2 Å². The first-order chi connectivity index (χ1) is 10.2. The van der Waals surface area contributed by atoms with Gasteiger partial charge in [0, 0.05) is 13.1 Å². The van der Waals surface area contributed by atoms with Gasteiger partial charge in [-0.25, -0.2) is 9.97 Å². The molecule has 0 aromatic carbocycles. The lowest BCUT2D eigenvalue weighted by atomic mass is 9.96. The highest BCUT2D eigenvalue weighted by molar-refractivity contribution is 7.16. The molecule has 1 saturated heterocycles. The van der Waals surface area contributed by atoms with Gasteiger partial charge in [-0.1, -0.05) is 13.8 Å². The third kappa shape index (κ3) is 3.52. The highest BCUT2D eigenvalue weighted by Gasteiger charge is 2.21. The van der Waals surface area contributed by atoms with E-state index in [0.717, 1.165) is 48.7 Å². The Morgan fingerprint density at radius 3 is 2.90 bits per heavy atom. The third-order valence-electron chi connectivity index (χ3n) is 4.14. The minimum atomic E-state index is 0.734. The van der Waals surface area contributed by atoms with Crippen LogP contribution in [-0.4, -0.2) is 36.1 Å². The fraction of sp³-hybridized carbons (Fsp3) is 0.625. The number of rotatable bonds is 5. The fourth-order valence-corrected chi connectivity index (χ4v) is 3.68. The van der Waals surface area contributed by atoms with E-state index >= 15 is 0 Å². The SMILES string of the molecule is CC(C)CNCC1CCN(c2ncnc3sccc23)CC1. The highest BCUT2D eigenvalue weighted by Crippen LogP contribution is 2.29. The molecule has 0 radical (unpaired) electrons. The zero-order chi connectivity index (χ0) is 14.7. The van der Waals surface area contributed by atoms with Crippen molar-refractivity contribution in [3.8, 4) is 0 Å². The predicted octanol–water partition coefficient (Wildman–Crippen LogP) is 3.15. The number of hydrogen-bond acceptors (Lipinski definition) is 5. The van der Waals surface area contributed by atoms with E-state index < -0.39 is 0 Å². The normalized spacial score (nSPS) is 17.0. The molecule has 1 aliphatic rings. The van der Waals surface area contributed by atoms with Crippen LogP contribution in [0.25, 0.3) is 10.2 Å². The summed E-state index contributed by atoms with van der Waals surface area (Å²) in [7, 11) is 0. The fourth-order valence-electron chi connectivity index (χ4n) is 2.95. The van der Waals surface area contributed by atoms with Gasteiger partial charge in [-0.15, -0.1) is 11.3 Å². The molecule has 2 aromatic rings. The molecule has 21 heavy (non-hydrogen) atoms. The van der Waals surface area contributed by atoms with Crippen molar-refractivity contribution in [3.05, 3.63) is 17.8 Å². The lowest BCUT2D eigenvalue weighted by molar-refractivity contribution is 0.373. The zero-order valence-corrected chi connectivity index (χ0v) is 13.7. The Labute approximate surface area is 130 Å². The Morgan fingerprint density at radius 2 is 2.14 bits per heavy atom. The van der Waals surface area contributed by atoms with Gasteiger partial charge in [0.15, 0.2) is 0 Å². The van der Waals surface area contributed by atoms with Crippen molar-refractivity contribution >= 4 is 27.4 Å². The number of nitrogens with one attached hydrogen (secondary N) is 1. The molecule has 1 fully saturated rings. The summed E-state index contributed by atoms with van der Waals surface area (Å²) in [6, 6.07) is 2.14. The van der Waals surface area contributed by atoms with Crippen LogP contribution < -0.4 is 10.2 Å². The first-order valence-corrected chi connectivity index (χ1v) is 8.76. The average Bonchev–Trinajstić information content (AvgIpc) is 2.96. The average molecular weight is 304 g/mol. The van der Waals surface area contributed by atoms with Crippen LogP contribution >= 0.6 is 11.3 Å². The van der Waals surface area contributed by atoms with Crippen LogP contribution in [0.1, 0.15) is 26.7 Å². The second-order valence-electron chi connectivity index (χ2n) is 6.32. The Hall–Kier alpha value is -1.20. The molecule has 0 atom stereocenters. The first kappa shape index (κ1) is 14.7. The van der Waals surface area contributed by atoms with Crippen LogP contribution in [-0.2, 0) is 0 Å². The van der Waals surface area contributed by atoms with Crippen molar-refractivity contribution < 1.29 is 0 Å². The van der Waals surface area contributed by atoms with E-state index in [2.05, 4.69) is 45.5 Å². The summed E-state index contributed by atoms with van der Waals surface area (Å²) in [6.45, 7) is 9.02. The van der Waals surface area contributed by atoms with E-state index in [1.165, 1.54) is 18.2 Å². The number of nitrogens with zero attached hydrogens (tertiary/aromatic N) is 3. The number of hydrogen-bond donors (Lipinski definition) is 1. The van der Waals surface area contributed by atoms with Crippen LogP contribution in [0.3, 0.4) is 0 Å². The molecule has 3 heterocycles. The minimum absolute atomic E-state index is 0.734. The number of anilines is 1. The second-order valence-corrected chi connectivity index (χ2v) is 7.21. The van der Waals surface area contributed by atoms with Gasteiger partial charge in [0.05, 0.1) is 5.39 Å². The topological polar surface area (TPSA) is 41.0 Å². The maximum atomic E-state index is 4.52. The van der Waals surface area contributed by atoms with Crippen LogP contribution in [0.4, 0.5) is 5.82 Å². The molecule has 2 aromatic heterocycles. The maximum Gasteiger partial charge on any atom is 0.140 e. The monoisotopic (exact) mass is 304 g/mol. The Morgan fingerprint density at radius 1 is 1.33 bits per heavy atom. The van der Waals surface area contributed by atoms with Gasteiger partial charge in [-0.05, 0) is 49.2 Å². The quantitative estimate of drug-likeness (QED) is 0.921. The van der Waals surface area contributed by atoms with Gasteiger partial charge in [0.2, 0.25) is 0 Å². The number of thiophene rings is 1. The van der Waals surface area contributed by atoms with E-state index in [1.54, 1.807) is 17.7 Å². The van der Waals surface area contributed by atoms with Gasteiger partial charge in [-0.2, -0.15) is 0 Å². The van der Waals surface area contributed by atoms with E-state index in [4.69, 9.17) is 0 Å². The van der Waals surface area contributed by atoms with Gasteiger partial charge in [0.25, 0.3) is 0 Å². The van der Waals surface area contributed by atoms with E-state index in [0.29, 0.717) is 0 Å². The number of fused-ring (bicyclic) bond motifs is 1. The molecule has 114 valence electrons. The van der Waals surface area contributed by atoms with Crippen molar-refractivity contribution in [2.24, 2.45) is 11.8 Å². The maximum absolute atomic E-state index is 4.52. The molecule has 5 heteroatoms. The van der Waals surface area contributed by atoms with Crippen molar-refractivity contribution in [3.63, 3.8) is 0 Å². The molecular formula is C16H24N4S. The summed E-state index contributed by atoms with van der Waals surface area (Å²) >= 11 is 1.69. The van der Waals surface area contributed by atoms with Crippen molar-refractivity contribution in [1.82, 2.24) is 15.3 Å². The molecule has 0 bridgehead atoms. The van der Waals surface area contributed by atoms with E-state index in [-0.39, 0.29) is 0 Å². The number of aromatic nitrogens is 2. The molecule has 1 aliphatic heterocycles. The number of piperidine rings is 1. The summed E-state index contributed by atoms with van der Waals surface area (Å²) in [5.74, 6) is 2.66. The van der Waals surface area contributed by atoms with Crippen molar-refractivity contribution in [1.29, 1.82) is 0 Å². The molecule has 0 aliphatic carbocycles. The molecule has 0 spiro atoms. The van der Waals surface area contributed by atoms with Gasteiger partial charge in [0.1, 0.15) is 17.0 Å². The molecule has 3 rings (SSSR count). The highest BCUT2D eigenvalue weighted by atomic mass is 32.1. The van der Waals surface area contributed by atoms with Crippen molar-refractivity contribution in [2.45, 2.75) is 26.7 Å². The van der Waals surface area contributed by atoms with E-state index in [9.17, 15) is 0 Å². The van der Waals surface area contributed by atoms with Crippen LogP contribution in [0.2, 0.25) is 0 Å². The van der Waals surface area contributed by atoms with E-state index in [1.807, 2.05) is 0 Å². The molecule has 0 amide bonds. The van der Waals surface area contributed by atoms with Crippen molar-refractivity contribution in [2.75, 3.05) is 31.1 Å². The third-order valence-corrected chi connectivity index (χ3v) is 4.96. The Bertz CT molecular complexity index is 572. The predicted molar refractivity (Wildman–Crippen MR) is 90.1 cm³/mol. The summed E-state index contributed by atoms with van der Waals surface area (Å²) in [5.41, 5.74) is 0. The summed E-state index contributed by atoms with van der Waals surface area (Å²) < 4.78 is 0. The lowest BCUT2D eigenvalue weighted by Gasteiger charge is -2.33. The molecule has 0 unspecified atom stereocenters. The molecular weight excluding hydrogens is 280 g/mol. The second kappa shape index (κ2) is 6.71. The van der Waals surface area contributed by atoms with Crippen LogP contribution in [0.5, 0.6) is 0 Å². The van der Waals surface area contributed by atoms with Crippen LogP contribution in [0.15, 0.2) is 17.8 Å². The Kier molecular flexibility index (Phi) is 4.70. The smallest absolute Gasteiger partial charge is 0.140 e. The van der Waals surface area contributed by atoms with Crippen LogP contribution in [0, 0.1) is 11.8 Å². The molecule has 0 saturated carbocycles. The zero-order valence-electron chi connectivity index (χ0n) is 12.9. The summed E-state index contributed by atoms with van der Waals surface area (Å²) in [5, 5.41) is 6.90. The standard InChI is InChI=1S/C16H24N4S/c1-12(2)9-17-10-13-3-6-20(7-4-13)15-14-5-8-21-16(14)19-11-18-15/h5,8,11-13,17H,3-4,6-7,9-10H2,1-2H3. The Balaban J connectivity index is 1.57. The molecule has 1 N–H and O–H groups in total. The largest absolute Gasteiger partial charge is 0.356 e. The minimum Gasteiger partial charge on any atom is -0.356 e. The lowest BCUT2D eigenvalue weighted by Crippen LogP contribution is -2.38. The van der Waals surface area contributed by atoms with Gasteiger partial charge >= 0.3 is 0 Å². The summed E-state index contributed by atoms with van der Waals surface area (Å²) in [6.07, 6.45) is 4.20.